The van der Waals surface area contributed by atoms with Crippen molar-refractivity contribution in [2.75, 3.05) is 25.1 Å². The van der Waals surface area contributed by atoms with Crippen LogP contribution in [0.1, 0.15) is 39.2 Å². The van der Waals surface area contributed by atoms with E-state index in [9.17, 15) is 4.79 Å². The Balaban J connectivity index is 2.09. The Morgan fingerprint density at radius 1 is 1.40 bits per heavy atom. The van der Waals surface area contributed by atoms with Crippen LogP contribution >= 0.6 is 0 Å². The van der Waals surface area contributed by atoms with Gasteiger partial charge >= 0.3 is 5.97 Å². The molecule has 1 fully saturated rings. The van der Waals surface area contributed by atoms with Gasteiger partial charge in [-0.1, -0.05) is 26.8 Å². The molecule has 1 aliphatic heterocycles. The fourth-order valence-electron chi connectivity index (χ4n) is 2.56. The van der Waals surface area contributed by atoms with E-state index in [1.807, 2.05) is 6.20 Å². The summed E-state index contributed by atoms with van der Waals surface area (Å²) in [6.45, 7) is 8.19. The zero-order valence-corrected chi connectivity index (χ0v) is 12.8. The molecule has 0 amide bonds. The van der Waals surface area contributed by atoms with Crippen molar-refractivity contribution in [3.05, 3.63) is 23.9 Å². The van der Waals surface area contributed by atoms with Gasteiger partial charge in [0, 0.05) is 19.3 Å². The monoisotopic (exact) mass is 276 g/mol. The van der Waals surface area contributed by atoms with E-state index < -0.39 is 0 Å². The van der Waals surface area contributed by atoms with Gasteiger partial charge in [0.1, 0.15) is 5.82 Å². The molecule has 4 nitrogen and oxygen atoms in total. The predicted octanol–water partition coefficient (Wildman–Crippen LogP) is 2.77. The van der Waals surface area contributed by atoms with E-state index in [-0.39, 0.29) is 17.3 Å². The van der Waals surface area contributed by atoms with E-state index in [2.05, 4.69) is 42.8 Å². The third-order valence-electron chi connectivity index (χ3n) is 3.89. The average molecular weight is 276 g/mol. The highest BCUT2D eigenvalue weighted by molar-refractivity contribution is 5.73. The number of carbonyl (C=O) groups is 1. The summed E-state index contributed by atoms with van der Waals surface area (Å²) < 4.78 is 4.85. The molecule has 1 aliphatic rings. The van der Waals surface area contributed by atoms with Gasteiger partial charge in [0.25, 0.3) is 0 Å². The number of nitrogens with zero attached hydrogens (tertiary/aromatic N) is 2. The summed E-state index contributed by atoms with van der Waals surface area (Å²) in [5.41, 5.74) is 1.34. The van der Waals surface area contributed by atoms with Crippen LogP contribution in [0.2, 0.25) is 0 Å². The van der Waals surface area contributed by atoms with Crippen molar-refractivity contribution in [3.63, 3.8) is 0 Å². The molecule has 110 valence electrons. The Labute approximate surface area is 121 Å². The number of anilines is 1. The van der Waals surface area contributed by atoms with Crippen molar-refractivity contribution in [1.82, 2.24) is 4.98 Å². The van der Waals surface area contributed by atoms with E-state index in [0.717, 1.165) is 25.2 Å². The van der Waals surface area contributed by atoms with Crippen LogP contribution in [0.25, 0.3) is 0 Å². The number of methoxy groups -OCH3 is 1. The first-order valence-corrected chi connectivity index (χ1v) is 7.21. The van der Waals surface area contributed by atoms with Crippen molar-refractivity contribution in [1.29, 1.82) is 0 Å². The van der Waals surface area contributed by atoms with Gasteiger partial charge in [-0.2, -0.15) is 0 Å². The van der Waals surface area contributed by atoms with Crippen LogP contribution in [0.4, 0.5) is 5.82 Å². The molecule has 0 N–H and O–H groups in total. The van der Waals surface area contributed by atoms with Crippen molar-refractivity contribution in [2.24, 2.45) is 5.92 Å². The number of hydrogen-bond donors (Lipinski definition) is 0. The van der Waals surface area contributed by atoms with Crippen LogP contribution in [-0.4, -0.2) is 31.2 Å². The second-order valence-electron chi connectivity index (χ2n) is 6.46. The molecule has 0 bridgehead atoms. The predicted molar refractivity (Wildman–Crippen MR) is 79.9 cm³/mol. The molecule has 0 spiro atoms. The van der Waals surface area contributed by atoms with Gasteiger partial charge < -0.3 is 9.64 Å². The molecule has 0 aromatic carbocycles. The lowest BCUT2D eigenvalue weighted by atomic mass is 9.88. The molecule has 1 aromatic heterocycles. The minimum Gasteiger partial charge on any atom is -0.469 e. The molecular weight excluding hydrogens is 252 g/mol. The summed E-state index contributed by atoms with van der Waals surface area (Å²) >= 11 is 0. The average Bonchev–Trinajstić information content (AvgIpc) is 2.46. The first-order chi connectivity index (χ1) is 9.41. The minimum atomic E-state index is -0.110. The van der Waals surface area contributed by atoms with Crippen LogP contribution in [-0.2, 0) is 14.9 Å². The molecule has 2 rings (SSSR count). The van der Waals surface area contributed by atoms with Crippen LogP contribution < -0.4 is 4.90 Å². The van der Waals surface area contributed by atoms with Crippen LogP contribution in [0.15, 0.2) is 18.3 Å². The first-order valence-electron chi connectivity index (χ1n) is 7.21. The maximum absolute atomic E-state index is 11.7. The van der Waals surface area contributed by atoms with Crippen LogP contribution in [0.3, 0.4) is 0 Å². The van der Waals surface area contributed by atoms with E-state index >= 15 is 0 Å². The zero-order chi connectivity index (χ0) is 14.8. The number of hydrogen-bond acceptors (Lipinski definition) is 4. The van der Waals surface area contributed by atoms with Gasteiger partial charge in [0.15, 0.2) is 0 Å². The Bertz CT molecular complexity index is 462. The van der Waals surface area contributed by atoms with Gasteiger partial charge in [-0.3, -0.25) is 4.79 Å². The number of piperidine rings is 1. The lowest BCUT2D eigenvalue weighted by molar-refractivity contribution is -0.145. The highest BCUT2D eigenvalue weighted by Crippen LogP contribution is 2.26. The van der Waals surface area contributed by atoms with Gasteiger partial charge in [0.05, 0.1) is 13.0 Å². The van der Waals surface area contributed by atoms with E-state index in [1.165, 1.54) is 12.7 Å². The fraction of sp³-hybridized carbons (Fsp3) is 0.625. The molecule has 1 saturated heterocycles. The molecule has 1 aromatic rings. The summed E-state index contributed by atoms with van der Waals surface area (Å²) in [6, 6.07) is 4.18. The summed E-state index contributed by atoms with van der Waals surface area (Å²) in [6.07, 6.45) is 3.85. The molecule has 20 heavy (non-hydrogen) atoms. The standard InChI is InChI=1S/C16H24N2O2/c1-16(2,3)13-7-8-14(17-10-13)18-9-5-6-12(11-18)15(19)20-4/h7-8,10,12H,5-6,9,11H2,1-4H3. The number of rotatable bonds is 2. The SMILES string of the molecule is COC(=O)C1CCCN(c2ccc(C(C)(C)C)cn2)C1. The minimum absolute atomic E-state index is 0.0298. The number of carbonyl (C=O) groups excluding carboxylic acids is 1. The Morgan fingerprint density at radius 3 is 2.70 bits per heavy atom. The summed E-state index contributed by atoms with van der Waals surface area (Å²) in [4.78, 5) is 18.4. The molecule has 0 saturated carbocycles. The van der Waals surface area contributed by atoms with Gasteiger partial charge in [0.2, 0.25) is 0 Å². The second kappa shape index (κ2) is 5.81. The van der Waals surface area contributed by atoms with Gasteiger partial charge in [-0.05, 0) is 29.9 Å². The maximum Gasteiger partial charge on any atom is 0.310 e. The normalized spacial score (nSPS) is 19.8. The second-order valence-corrected chi connectivity index (χ2v) is 6.46. The van der Waals surface area contributed by atoms with Gasteiger partial charge in [-0.25, -0.2) is 4.98 Å². The number of aromatic nitrogens is 1. The van der Waals surface area contributed by atoms with E-state index in [4.69, 9.17) is 4.74 Å². The Hall–Kier alpha value is -1.58. The first kappa shape index (κ1) is 14.8. The quantitative estimate of drug-likeness (QED) is 0.779. The van der Waals surface area contributed by atoms with E-state index in [0.29, 0.717) is 6.54 Å². The molecule has 0 radical (unpaired) electrons. The third kappa shape index (κ3) is 3.30. The Kier molecular flexibility index (Phi) is 4.31. The van der Waals surface area contributed by atoms with Crippen molar-refractivity contribution in [3.8, 4) is 0 Å². The van der Waals surface area contributed by atoms with Crippen molar-refractivity contribution < 1.29 is 9.53 Å². The smallest absolute Gasteiger partial charge is 0.310 e. The third-order valence-corrected chi connectivity index (χ3v) is 3.89. The maximum atomic E-state index is 11.7. The topological polar surface area (TPSA) is 42.4 Å². The lowest BCUT2D eigenvalue weighted by Gasteiger charge is -2.32. The molecule has 2 heterocycles. The summed E-state index contributed by atoms with van der Waals surface area (Å²) in [7, 11) is 1.46. The molecular formula is C16H24N2O2. The highest BCUT2D eigenvalue weighted by Gasteiger charge is 2.27. The zero-order valence-electron chi connectivity index (χ0n) is 12.8. The molecule has 4 heteroatoms. The summed E-state index contributed by atoms with van der Waals surface area (Å²) in [5.74, 6) is 0.811. The van der Waals surface area contributed by atoms with Crippen LogP contribution in [0, 0.1) is 5.92 Å². The molecule has 1 atom stereocenters. The molecule has 0 aliphatic carbocycles. The molecule has 1 unspecified atom stereocenters. The number of pyridine rings is 1. The van der Waals surface area contributed by atoms with Crippen molar-refractivity contribution in [2.45, 2.75) is 39.0 Å². The summed E-state index contributed by atoms with van der Waals surface area (Å²) in [5, 5.41) is 0. The van der Waals surface area contributed by atoms with Crippen LogP contribution in [0.5, 0.6) is 0 Å². The largest absolute Gasteiger partial charge is 0.469 e. The fourth-order valence-corrected chi connectivity index (χ4v) is 2.56. The van der Waals surface area contributed by atoms with Gasteiger partial charge in [-0.15, -0.1) is 0 Å². The lowest BCUT2D eigenvalue weighted by Crippen LogP contribution is -2.39. The van der Waals surface area contributed by atoms with Crippen molar-refractivity contribution >= 4 is 11.8 Å². The highest BCUT2D eigenvalue weighted by atomic mass is 16.5. The number of ether oxygens (including phenoxy) is 1. The Morgan fingerprint density at radius 2 is 2.15 bits per heavy atom. The van der Waals surface area contributed by atoms with E-state index in [1.54, 1.807) is 0 Å². The number of esters is 1.